The van der Waals surface area contributed by atoms with Gasteiger partial charge in [0.05, 0.1) is 0 Å². The van der Waals surface area contributed by atoms with Crippen molar-refractivity contribution in [2.24, 2.45) is 0 Å². The molecule has 0 aliphatic carbocycles. The average molecular weight is 386 g/mol. The molecule has 144 valence electrons. The van der Waals surface area contributed by atoms with Crippen LogP contribution in [-0.4, -0.2) is 0 Å². The number of rotatable bonds is 5. The van der Waals surface area contributed by atoms with Crippen LogP contribution in [0.25, 0.3) is 10.8 Å². The van der Waals surface area contributed by atoms with E-state index in [4.69, 9.17) is 0 Å². The van der Waals surface area contributed by atoms with Gasteiger partial charge in [-0.05, 0) is 64.7 Å². The van der Waals surface area contributed by atoms with Crippen LogP contribution in [0.15, 0.2) is 127 Å². The van der Waals surface area contributed by atoms with Gasteiger partial charge in [0.25, 0.3) is 0 Å². The van der Waals surface area contributed by atoms with Gasteiger partial charge in [0.1, 0.15) is 0 Å². The van der Waals surface area contributed by atoms with E-state index in [-0.39, 0.29) is 0 Å². The third-order valence-corrected chi connectivity index (χ3v) is 5.50. The molecule has 1 nitrogen and oxygen atoms in total. The van der Waals surface area contributed by atoms with Gasteiger partial charge in [-0.25, -0.2) is 0 Å². The predicted octanol–water partition coefficient (Wildman–Crippen LogP) is 7.90. The summed E-state index contributed by atoms with van der Waals surface area (Å²) >= 11 is 0. The summed E-state index contributed by atoms with van der Waals surface area (Å²) in [7, 11) is 0. The van der Waals surface area contributed by atoms with E-state index in [0.29, 0.717) is 0 Å². The Morgan fingerprint density at radius 3 is 1.63 bits per heavy atom. The molecule has 0 aromatic heterocycles. The lowest BCUT2D eigenvalue weighted by molar-refractivity contribution is 1.20. The molecule has 0 saturated carbocycles. The Bertz CT molecular complexity index is 1200. The summed E-state index contributed by atoms with van der Waals surface area (Å²) < 4.78 is 0. The Morgan fingerprint density at radius 1 is 0.433 bits per heavy atom. The van der Waals surface area contributed by atoms with Crippen molar-refractivity contribution in [1.82, 2.24) is 0 Å². The molecule has 5 aromatic carbocycles. The van der Waals surface area contributed by atoms with Crippen molar-refractivity contribution in [3.63, 3.8) is 0 Å². The van der Waals surface area contributed by atoms with Crippen LogP contribution in [0.1, 0.15) is 11.1 Å². The molecule has 0 unspecified atom stereocenters. The summed E-state index contributed by atoms with van der Waals surface area (Å²) in [5.74, 6) is 0. The summed E-state index contributed by atoms with van der Waals surface area (Å²) in [5, 5.41) is 2.63. The number of benzene rings is 5. The van der Waals surface area contributed by atoms with E-state index in [0.717, 1.165) is 23.5 Å². The maximum atomic E-state index is 2.29. The first-order valence-corrected chi connectivity index (χ1v) is 10.3. The predicted molar refractivity (Wildman–Crippen MR) is 128 cm³/mol. The van der Waals surface area contributed by atoms with Gasteiger partial charge >= 0.3 is 0 Å². The molecule has 5 aromatic rings. The van der Waals surface area contributed by atoms with Gasteiger partial charge in [-0.15, -0.1) is 0 Å². The molecule has 0 amide bonds. The average Bonchev–Trinajstić information content (AvgIpc) is 2.82. The van der Waals surface area contributed by atoms with E-state index in [1.54, 1.807) is 0 Å². The summed E-state index contributed by atoms with van der Waals surface area (Å²) in [5.41, 5.74) is 6.16. The van der Waals surface area contributed by atoms with Crippen molar-refractivity contribution in [2.75, 3.05) is 4.90 Å². The van der Waals surface area contributed by atoms with Crippen LogP contribution in [0.5, 0.6) is 0 Å². The number of hydrogen-bond donors (Lipinski definition) is 0. The van der Waals surface area contributed by atoms with Crippen molar-refractivity contribution < 1.29 is 0 Å². The first kappa shape index (κ1) is 18.2. The van der Waals surface area contributed by atoms with E-state index < -0.39 is 0 Å². The molecular formula is C29H23N. The van der Waals surface area contributed by atoms with Gasteiger partial charge in [-0.2, -0.15) is 0 Å². The van der Waals surface area contributed by atoms with Crippen molar-refractivity contribution in [3.8, 4) is 0 Å². The first-order valence-electron chi connectivity index (χ1n) is 10.3. The fourth-order valence-electron chi connectivity index (χ4n) is 4.03. The quantitative estimate of drug-likeness (QED) is 0.297. The second-order valence-corrected chi connectivity index (χ2v) is 7.49. The minimum Gasteiger partial charge on any atom is -0.311 e. The Balaban J connectivity index is 1.48. The molecule has 0 N–H and O–H groups in total. The molecule has 0 aliphatic rings. The monoisotopic (exact) mass is 385 g/mol. The Hall–Kier alpha value is -3.84. The lowest BCUT2D eigenvalue weighted by atomic mass is 9.98. The van der Waals surface area contributed by atoms with Crippen LogP contribution in [0.3, 0.4) is 0 Å². The van der Waals surface area contributed by atoms with E-state index in [2.05, 4.69) is 132 Å². The minimum absolute atomic E-state index is 0.929. The lowest BCUT2D eigenvalue weighted by Gasteiger charge is -2.25. The maximum absolute atomic E-state index is 2.29. The third-order valence-electron chi connectivity index (χ3n) is 5.50. The van der Waals surface area contributed by atoms with Crippen molar-refractivity contribution in [2.45, 2.75) is 6.42 Å². The molecular weight excluding hydrogens is 362 g/mol. The highest BCUT2D eigenvalue weighted by Gasteiger charge is 2.11. The van der Waals surface area contributed by atoms with Crippen LogP contribution < -0.4 is 4.90 Å². The van der Waals surface area contributed by atoms with Crippen LogP contribution in [0, 0.1) is 0 Å². The normalized spacial score (nSPS) is 10.8. The number of para-hydroxylation sites is 2. The maximum Gasteiger partial charge on any atom is 0.0461 e. The molecule has 0 heterocycles. The number of hydrogen-bond acceptors (Lipinski definition) is 1. The highest BCUT2D eigenvalue weighted by molar-refractivity contribution is 5.86. The van der Waals surface area contributed by atoms with Crippen LogP contribution in [0.4, 0.5) is 17.1 Å². The molecule has 0 saturated heterocycles. The van der Waals surface area contributed by atoms with Gasteiger partial charge in [0.2, 0.25) is 0 Å². The van der Waals surface area contributed by atoms with Crippen LogP contribution in [0.2, 0.25) is 0 Å². The Labute approximate surface area is 177 Å². The standard InChI is InChI=1S/C29H23N/c1-3-13-26(14-4-1)30(27-15-5-2-6-16-27)28-20-18-23(19-21-28)22-25-12-9-11-24-10-7-8-17-29(24)25/h1-21H,22H2. The van der Waals surface area contributed by atoms with Gasteiger partial charge in [0, 0.05) is 17.1 Å². The molecule has 0 fully saturated rings. The van der Waals surface area contributed by atoms with Crippen LogP contribution in [-0.2, 0) is 6.42 Å². The Morgan fingerprint density at radius 2 is 0.967 bits per heavy atom. The zero-order valence-corrected chi connectivity index (χ0v) is 16.8. The van der Waals surface area contributed by atoms with Crippen molar-refractivity contribution >= 4 is 27.8 Å². The van der Waals surface area contributed by atoms with Gasteiger partial charge in [0.15, 0.2) is 0 Å². The topological polar surface area (TPSA) is 3.24 Å². The molecule has 0 spiro atoms. The Kier molecular flexibility index (Phi) is 5.01. The molecule has 30 heavy (non-hydrogen) atoms. The summed E-state index contributed by atoms with van der Waals surface area (Å²) in [6.45, 7) is 0. The van der Waals surface area contributed by atoms with Crippen molar-refractivity contribution in [3.05, 3.63) is 139 Å². The summed E-state index contributed by atoms with van der Waals surface area (Å²) in [6, 6.07) is 45.2. The first-order chi connectivity index (χ1) is 14.9. The fourth-order valence-corrected chi connectivity index (χ4v) is 4.03. The molecule has 0 radical (unpaired) electrons. The van der Waals surface area contributed by atoms with E-state index in [1.807, 2.05) is 0 Å². The van der Waals surface area contributed by atoms with Gasteiger partial charge in [-0.3, -0.25) is 0 Å². The largest absolute Gasteiger partial charge is 0.311 e. The van der Waals surface area contributed by atoms with Gasteiger partial charge in [-0.1, -0.05) is 91.0 Å². The van der Waals surface area contributed by atoms with Crippen molar-refractivity contribution in [1.29, 1.82) is 0 Å². The molecule has 0 bridgehead atoms. The zero-order valence-electron chi connectivity index (χ0n) is 16.8. The lowest BCUT2D eigenvalue weighted by Crippen LogP contribution is -2.09. The zero-order chi connectivity index (χ0) is 20.2. The van der Waals surface area contributed by atoms with Crippen LogP contribution >= 0.6 is 0 Å². The van der Waals surface area contributed by atoms with E-state index in [9.17, 15) is 0 Å². The highest BCUT2D eigenvalue weighted by atomic mass is 15.1. The number of anilines is 3. The smallest absolute Gasteiger partial charge is 0.0461 e. The number of fused-ring (bicyclic) bond motifs is 1. The molecule has 0 atom stereocenters. The molecule has 5 rings (SSSR count). The third kappa shape index (κ3) is 3.70. The summed E-state index contributed by atoms with van der Waals surface area (Å²) in [4.78, 5) is 2.29. The second kappa shape index (κ2) is 8.26. The van der Waals surface area contributed by atoms with E-state index >= 15 is 0 Å². The fraction of sp³-hybridized carbons (Fsp3) is 0.0345. The number of nitrogens with zero attached hydrogens (tertiary/aromatic N) is 1. The second-order valence-electron chi connectivity index (χ2n) is 7.49. The van der Waals surface area contributed by atoms with Gasteiger partial charge < -0.3 is 4.90 Å². The minimum atomic E-state index is 0.929. The summed E-state index contributed by atoms with van der Waals surface area (Å²) in [6.07, 6.45) is 0.929. The molecule has 1 heteroatoms. The van der Waals surface area contributed by atoms with E-state index in [1.165, 1.54) is 21.9 Å². The highest BCUT2D eigenvalue weighted by Crippen LogP contribution is 2.34. The molecule has 0 aliphatic heterocycles. The SMILES string of the molecule is c1ccc(N(c2ccccc2)c2ccc(Cc3cccc4ccccc34)cc2)cc1.